The summed E-state index contributed by atoms with van der Waals surface area (Å²) >= 11 is 0. The van der Waals surface area contributed by atoms with Gasteiger partial charge in [0, 0.05) is 27.9 Å². The standard InChI is InChI=1S/C43H60O10/c1-5-6-7-8-9-19-26-48-42-40(46-4)39(45-3)38(53-42)35(30-44-2)51-43-41(50-29-34-24-17-12-18-25-34)37(49-28-33-22-15-11-16-23-33)36(52-43)31-47-27-32-20-13-10-14-21-32/h10-18,20-25,35-43H,5-9,19,26-31H2,1-4H3/t35-,36+,37+,38-,39-,40+,41-,42+,43-/m0/s1. The van der Waals surface area contributed by atoms with E-state index in [0.717, 1.165) is 29.5 Å². The summed E-state index contributed by atoms with van der Waals surface area (Å²) < 4.78 is 63.5. The predicted octanol–water partition coefficient (Wildman–Crippen LogP) is 7.26. The largest absolute Gasteiger partial charge is 0.382 e. The van der Waals surface area contributed by atoms with E-state index in [0.29, 0.717) is 26.4 Å². The summed E-state index contributed by atoms with van der Waals surface area (Å²) in [6.45, 7) is 4.42. The van der Waals surface area contributed by atoms with Gasteiger partial charge in [-0.1, -0.05) is 130 Å². The predicted molar refractivity (Wildman–Crippen MR) is 201 cm³/mol. The first-order valence-electron chi connectivity index (χ1n) is 19.2. The molecule has 5 rings (SSSR count). The van der Waals surface area contributed by atoms with Gasteiger partial charge in [0.05, 0.1) is 33.0 Å². The molecule has 0 amide bonds. The monoisotopic (exact) mass is 736 g/mol. The Bertz CT molecular complexity index is 1370. The zero-order chi connectivity index (χ0) is 37.1. The Balaban J connectivity index is 1.33. The van der Waals surface area contributed by atoms with E-state index in [1.165, 1.54) is 25.7 Å². The molecule has 0 N–H and O–H groups in total. The molecular weight excluding hydrogens is 676 g/mol. The molecule has 0 aliphatic carbocycles. The first-order chi connectivity index (χ1) is 26.1. The lowest BCUT2D eigenvalue weighted by atomic mass is 10.1. The number of hydrogen-bond acceptors (Lipinski definition) is 10. The van der Waals surface area contributed by atoms with Crippen LogP contribution in [-0.4, -0.2) is 96.5 Å². The molecule has 0 unspecified atom stereocenters. The summed E-state index contributed by atoms with van der Waals surface area (Å²) in [6, 6.07) is 30.2. The van der Waals surface area contributed by atoms with Crippen molar-refractivity contribution in [2.24, 2.45) is 0 Å². The molecule has 0 spiro atoms. The number of benzene rings is 3. The van der Waals surface area contributed by atoms with Gasteiger partial charge in [-0.05, 0) is 23.1 Å². The molecule has 2 aliphatic heterocycles. The maximum absolute atomic E-state index is 6.84. The summed E-state index contributed by atoms with van der Waals surface area (Å²) in [4.78, 5) is 0. The van der Waals surface area contributed by atoms with Gasteiger partial charge in [-0.3, -0.25) is 0 Å². The van der Waals surface area contributed by atoms with Gasteiger partial charge >= 0.3 is 0 Å². The molecular formula is C43H60O10. The number of methoxy groups -OCH3 is 3. The SMILES string of the molecule is CCCCCCCCO[C@@H]1O[C@@H]([C@H](COC)O[C@H]2O[C@H](COCc3ccccc3)[C@@H](OCc3ccccc3)[C@@H]2OCc2ccccc2)[C@H](OC)[C@H]1OC. The minimum absolute atomic E-state index is 0.209. The molecule has 2 saturated heterocycles. The van der Waals surface area contributed by atoms with Crippen molar-refractivity contribution in [2.45, 2.75) is 121 Å². The van der Waals surface area contributed by atoms with Crippen LogP contribution in [0.2, 0.25) is 0 Å². The molecule has 0 saturated carbocycles. The molecule has 0 aromatic heterocycles. The van der Waals surface area contributed by atoms with Crippen molar-refractivity contribution in [1.29, 1.82) is 0 Å². The van der Waals surface area contributed by atoms with Crippen LogP contribution in [0.1, 0.15) is 62.1 Å². The second-order valence-electron chi connectivity index (χ2n) is 13.7. The molecule has 53 heavy (non-hydrogen) atoms. The molecule has 0 radical (unpaired) electrons. The first kappa shape index (κ1) is 41.4. The Hall–Kier alpha value is -2.74. The van der Waals surface area contributed by atoms with Crippen LogP contribution in [0.4, 0.5) is 0 Å². The summed E-state index contributed by atoms with van der Waals surface area (Å²) in [6.07, 6.45) is 1.83. The van der Waals surface area contributed by atoms with Crippen molar-refractivity contribution in [3.63, 3.8) is 0 Å². The highest BCUT2D eigenvalue weighted by Crippen LogP contribution is 2.35. The van der Waals surface area contributed by atoms with E-state index in [4.69, 9.17) is 47.4 Å². The van der Waals surface area contributed by atoms with Gasteiger partial charge in [0.15, 0.2) is 12.6 Å². The highest BCUT2D eigenvalue weighted by Gasteiger charge is 2.53. The van der Waals surface area contributed by atoms with Gasteiger partial charge in [0.2, 0.25) is 0 Å². The summed E-state index contributed by atoms with van der Waals surface area (Å²) in [5.41, 5.74) is 3.14. The zero-order valence-electron chi connectivity index (χ0n) is 31.9. The minimum atomic E-state index is -0.838. The van der Waals surface area contributed by atoms with Crippen LogP contribution < -0.4 is 0 Å². The third-order valence-corrected chi connectivity index (χ3v) is 9.77. The highest BCUT2D eigenvalue weighted by atomic mass is 16.8. The lowest BCUT2D eigenvalue weighted by Gasteiger charge is -2.31. The fraction of sp³-hybridized carbons (Fsp3) is 0.581. The van der Waals surface area contributed by atoms with E-state index in [1.807, 2.05) is 91.0 Å². The van der Waals surface area contributed by atoms with Crippen LogP contribution in [0.25, 0.3) is 0 Å². The average molecular weight is 737 g/mol. The molecule has 9 atom stereocenters. The molecule has 2 fully saturated rings. The molecule has 10 heteroatoms. The third-order valence-electron chi connectivity index (χ3n) is 9.77. The van der Waals surface area contributed by atoms with Gasteiger partial charge in [-0.2, -0.15) is 0 Å². The van der Waals surface area contributed by atoms with Crippen molar-refractivity contribution >= 4 is 0 Å². The first-order valence-corrected chi connectivity index (χ1v) is 19.2. The fourth-order valence-corrected chi connectivity index (χ4v) is 6.94. The van der Waals surface area contributed by atoms with Crippen LogP contribution in [0.3, 0.4) is 0 Å². The van der Waals surface area contributed by atoms with E-state index in [2.05, 4.69) is 6.92 Å². The maximum atomic E-state index is 6.84. The average Bonchev–Trinajstić information content (AvgIpc) is 3.72. The molecule has 292 valence electrons. The maximum Gasteiger partial charge on any atom is 0.187 e. The van der Waals surface area contributed by atoms with E-state index in [9.17, 15) is 0 Å². The zero-order valence-corrected chi connectivity index (χ0v) is 31.9. The Morgan fingerprint density at radius 2 is 1.13 bits per heavy atom. The topological polar surface area (TPSA) is 92.3 Å². The van der Waals surface area contributed by atoms with Crippen molar-refractivity contribution < 1.29 is 47.4 Å². The molecule has 2 heterocycles. The Morgan fingerprint density at radius 1 is 0.566 bits per heavy atom. The molecule has 3 aromatic rings. The summed E-state index contributed by atoms with van der Waals surface area (Å²) in [5.74, 6) is 0. The Labute approximate surface area is 316 Å². The second-order valence-corrected chi connectivity index (χ2v) is 13.7. The van der Waals surface area contributed by atoms with E-state index in [1.54, 1.807) is 21.3 Å². The smallest absolute Gasteiger partial charge is 0.187 e. The number of hydrogen-bond donors (Lipinski definition) is 0. The summed E-state index contributed by atoms with van der Waals surface area (Å²) in [7, 11) is 4.94. The number of unbranched alkanes of at least 4 members (excludes halogenated alkanes) is 5. The van der Waals surface area contributed by atoms with E-state index in [-0.39, 0.29) is 13.2 Å². The Kier molecular flexibility index (Phi) is 18.2. The lowest BCUT2D eigenvalue weighted by molar-refractivity contribution is -0.248. The lowest BCUT2D eigenvalue weighted by Crippen LogP contribution is -2.48. The van der Waals surface area contributed by atoms with Crippen molar-refractivity contribution in [3.8, 4) is 0 Å². The number of ether oxygens (including phenoxy) is 10. The molecule has 10 nitrogen and oxygen atoms in total. The van der Waals surface area contributed by atoms with Crippen LogP contribution in [0, 0.1) is 0 Å². The van der Waals surface area contributed by atoms with Crippen LogP contribution in [0.15, 0.2) is 91.0 Å². The quantitative estimate of drug-likeness (QED) is 0.0828. The highest BCUT2D eigenvalue weighted by molar-refractivity contribution is 5.15. The van der Waals surface area contributed by atoms with Crippen LogP contribution in [0.5, 0.6) is 0 Å². The van der Waals surface area contributed by atoms with Crippen molar-refractivity contribution in [2.75, 3.05) is 41.2 Å². The Morgan fingerprint density at radius 3 is 1.72 bits per heavy atom. The van der Waals surface area contributed by atoms with Crippen molar-refractivity contribution in [3.05, 3.63) is 108 Å². The normalized spacial score (nSPS) is 26.3. The van der Waals surface area contributed by atoms with Crippen LogP contribution in [-0.2, 0) is 67.2 Å². The van der Waals surface area contributed by atoms with Gasteiger partial charge in [-0.25, -0.2) is 0 Å². The van der Waals surface area contributed by atoms with Crippen LogP contribution >= 0.6 is 0 Å². The van der Waals surface area contributed by atoms with Gasteiger partial charge in [-0.15, -0.1) is 0 Å². The molecule has 2 aliphatic rings. The summed E-state index contributed by atoms with van der Waals surface area (Å²) in [5, 5.41) is 0. The van der Waals surface area contributed by atoms with E-state index >= 15 is 0 Å². The number of rotatable bonds is 25. The van der Waals surface area contributed by atoms with Crippen molar-refractivity contribution in [1.82, 2.24) is 0 Å². The molecule has 3 aromatic carbocycles. The van der Waals surface area contributed by atoms with Gasteiger partial charge in [0.25, 0.3) is 0 Å². The van der Waals surface area contributed by atoms with Gasteiger partial charge < -0.3 is 47.4 Å². The minimum Gasteiger partial charge on any atom is -0.382 e. The third kappa shape index (κ3) is 12.7. The molecule has 0 bridgehead atoms. The van der Waals surface area contributed by atoms with E-state index < -0.39 is 55.3 Å². The van der Waals surface area contributed by atoms with Gasteiger partial charge in [0.1, 0.15) is 42.7 Å². The fourth-order valence-electron chi connectivity index (χ4n) is 6.94. The second kappa shape index (κ2) is 23.2.